The number of aliphatic carboxylic acids is 1. The van der Waals surface area contributed by atoms with Crippen LogP contribution in [0.15, 0.2) is 36.0 Å². The number of carboxylic acids is 1. The summed E-state index contributed by atoms with van der Waals surface area (Å²) in [6.45, 7) is 0. The third-order valence-electron chi connectivity index (χ3n) is 2.58. The molecule has 92 valence electrons. The molecule has 18 heavy (non-hydrogen) atoms. The van der Waals surface area contributed by atoms with Gasteiger partial charge in [0.05, 0.1) is 12.1 Å². The van der Waals surface area contributed by atoms with Crippen molar-refractivity contribution in [1.29, 1.82) is 0 Å². The van der Waals surface area contributed by atoms with Crippen molar-refractivity contribution in [1.82, 2.24) is 0 Å². The zero-order chi connectivity index (χ0) is 13.1. The summed E-state index contributed by atoms with van der Waals surface area (Å²) in [7, 11) is 0. The van der Waals surface area contributed by atoms with E-state index in [0.29, 0.717) is 11.3 Å². The van der Waals surface area contributed by atoms with Gasteiger partial charge < -0.3 is 10.4 Å². The molecular weight excluding hydrogens is 234 g/mol. The number of carboxylic acid groups (broad SMARTS) is 1. The molecule has 5 heteroatoms. The molecule has 1 aromatic carbocycles. The van der Waals surface area contributed by atoms with Crippen LogP contribution in [0.25, 0.3) is 0 Å². The lowest BCUT2D eigenvalue weighted by molar-refractivity contribution is -0.138. The van der Waals surface area contributed by atoms with Crippen molar-refractivity contribution in [3.05, 3.63) is 41.6 Å². The lowest BCUT2D eigenvalue weighted by Gasteiger charge is -1.97. The average Bonchev–Trinajstić information content (AvgIpc) is 2.65. The number of carbonyl (C=O) groups excluding carboxylic acids is 2. The highest BCUT2D eigenvalue weighted by Gasteiger charge is 2.24. The quantitative estimate of drug-likeness (QED) is 0.787. The fourth-order valence-corrected chi connectivity index (χ4v) is 1.70. The lowest BCUT2D eigenvalue weighted by atomic mass is 10.1. The molecule has 5 nitrogen and oxygen atoms in total. The monoisotopic (exact) mass is 245 g/mol. The van der Waals surface area contributed by atoms with E-state index in [1.807, 2.05) is 0 Å². The van der Waals surface area contributed by atoms with Gasteiger partial charge >= 0.3 is 5.97 Å². The number of benzene rings is 1. The number of nitrogens with one attached hydrogen (secondary N) is 1. The second kappa shape index (κ2) is 4.83. The molecule has 0 aliphatic carbocycles. The molecule has 0 bridgehead atoms. The maximum Gasteiger partial charge on any atom is 0.303 e. The largest absolute Gasteiger partial charge is 0.481 e. The van der Waals surface area contributed by atoms with Crippen LogP contribution in [0.5, 0.6) is 0 Å². The number of Topliss-reactive ketones (excluding diaryl/α,β-unsaturated/α-hetero) is 1. The van der Waals surface area contributed by atoms with Gasteiger partial charge in [-0.1, -0.05) is 12.1 Å². The van der Waals surface area contributed by atoms with Gasteiger partial charge in [0.1, 0.15) is 0 Å². The molecule has 1 aromatic rings. The Balaban J connectivity index is 2.11. The zero-order valence-electron chi connectivity index (χ0n) is 9.47. The summed E-state index contributed by atoms with van der Waals surface area (Å²) in [6, 6.07) is 6.95. The molecule has 0 atom stereocenters. The molecule has 0 spiro atoms. The maximum atomic E-state index is 11.9. The number of fused-ring (bicyclic) bond motifs is 1. The SMILES string of the molecule is O=C(O)CCC(=O)C=C1Nc2ccccc2C1=O. The molecule has 0 fully saturated rings. The van der Waals surface area contributed by atoms with E-state index in [4.69, 9.17) is 5.11 Å². The Morgan fingerprint density at radius 1 is 1.22 bits per heavy atom. The predicted octanol–water partition coefficient (Wildman–Crippen LogP) is 1.61. The van der Waals surface area contributed by atoms with Gasteiger partial charge in [0.15, 0.2) is 5.78 Å². The van der Waals surface area contributed by atoms with Gasteiger partial charge in [0.25, 0.3) is 0 Å². The standard InChI is InChI=1S/C13H11NO4/c15-8(5-6-12(16)17)7-11-13(18)9-3-1-2-4-10(9)14-11/h1-4,7,14H,5-6H2,(H,16,17). The summed E-state index contributed by atoms with van der Waals surface area (Å²) < 4.78 is 0. The molecule has 0 unspecified atom stereocenters. The van der Waals surface area contributed by atoms with E-state index in [1.165, 1.54) is 6.08 Å². The highest BCUT2D eigenvalue weighted by atomic mass is 16.4. The molecule has 2 rings (SSSR count). The summed E-state index contributed by atoms with van der Waals surface area (Å²) in [5, 5.41) is 11.3. The van der Waals surface area contributed by atoms with Crippen LogP contribution in [0.1, 0.15) is 23.2 Å². The van der Waals surface area contributed by atoms with Crippen LogP contribution in [-0.4, -0.2) is 22.6 Å². The minimum Gasteiger partial charge on any atom is -0.481 e. The van der Waals surface area contributed by atoms with Crippen molar-refractivity contribution in [3.63, 3.8) is 0 Å². The lowest BCUT2D eigenvalue weighted by Crippen LogP contribution is -2.06. The van der Waals surface area contributed by atoms with Gasteiger partial charge in [0, 0.05) is 23.7 Å². The molecule has 2 N–H and O–H groups in total. The minimum absolute atomic E-state index is 0.107. The highest BCUT2D eigenvalue weighted by Crippen LogP contribution is 2.27. The number of hydrogen-bond donors (Lipinski definition) is 2. The van der Waals surface area contributed by atoms with E-state index >= 15 is 0 Å². The molecule has 1 aliphatic heterocycles. The van der Waals surface area contributed by atoms with E-state index in [2.05, 4.69) is 5.32 Å². The highest BCUT2D eigenvalue weighted by molar-refractivity contribution is 6.20. The van der Waals surface area contributed by atoms with Crippen molar-refractivity contribution < 1.29 is 19.5 Å². The number of rotatable bonds is 4. The van der Waals surface area contributed by atoms with E-state index in [9.17, 15) is 14.4 Å². The maximum absolute atomic E-state index is 11.9. The predicted molar refractivity (Wildman–Crippen MR) is 64.4 cm³/mol. The number of hydrogen-bond acceptors (Lipinski definition) is 4. The number of allylic oxidation sites excluding steroid dienone is 2. The van der Waals surface area contributed by atoms with Crippen molar-refractivity contribution in [2.75, 3.05) is 5.32 Å². The second-order valence-corrected chi connectivity index (χ2v) is 3.92. The van der Waals surface area contributed by atoms with E-state index in [-0.39, 0.29) is 30.1 Å². The summed E-state index contributed by atoms with van der Waals surface area (Å²) in [4.78, 5) is 33.7. The van der Waals surface area contributed by atoms with Crippen molar-refractivity contribution >= 4 is 23.2 Å². The van der Waals surface area contributed by atoms with Crippen LogP contribution in [0, 0.1) is 0 Å². The van der Waals surface area contributed by atoms with Crippen molar-refractivity contribution in [2.45, 2.75) is 12.8 Å². The van der Waals surface area contributed by atoms with Gasteiger partial charge in [-0.2, -0.15) is 0 Å². The van der Waals surface area contributed by atoms with Crippen molar-refractivity contribution in [3.8, 4) is 0 Å². The van der Waals surface area contributed by atoms with Gasteiger partial charge in [-0.15, -0.1) is 0 Å². The number of carbonyl (C=O) groups is 3. The van der Waals surface area contributed by atoms with E-state index in [1.54, 1.807) is 24.3 Å². The van der Waals surface area contributed by atoms with E-state index < -0.39 is 5.97 Å². The smallest absolute Gasteiger partial charge is 0.303 e. The summed E-state index contributed by atoms with van der Waals surface area (Å²) >= 11 is 0. The topological polar surface area (TPSA) is 83.5 Å². The first-order valence-electron chi connectivity index (χ1n) is 5.45. The van der Waals surface area contributed by atoms with Crippen LogP contribution in [0.2, 0.25) is 0 Å². The summed E-state index contributed by atoms with van der Waals surface area (Å²) in [5.74, 6) is -1.65. The fourth-order valence-electron chi connectivity index (χ4n) is 1.70. The zero-order valence-corrected chi connectivity index (χ0v) is 9.47. The Labute approximate surface area is 103 Å². The molecule has 1 aliphatic rings. The van der Waals surface area contributed by atoms with Crippen LogP contribution in [-0.2, 0) is 9.59 Å². The van der Waals surface area contributed by atoms with Gasteiger partial charge in [-0.25, -0.2) is 0 Å². The molecular formula is C13H11NO4. The molecule has 1 heterocycles. The fraction of sp³-hybridized carbons (Fsp3) is 0.154. The summed E-state index contributed by atoms with van der Waals surface area (Å²) in [6.07, 6.45) is 0.833. The summed E-state index contributed by atoms with van der Waals surface area (Å²) in [5.41, 5.74) is 1.39. The average molecular weight is 245 g/mol. The first-order chi connectivity index (χ1) is 8.58. The molecule has 0 aromatic heterocycles. The number of para-hydroxylation sites is 1. The number of anilines is 1. The van der Waals surface area contributed by atoms with Gasteiger partial charge in [0.2, 0.25) is 5.78 Å². The molecule has 0 saturated carbocycles. The third kappa shape index (κ3) is 2.45. The van der Waals surface area contributed by atoms with Crippen LogP contribution < -0.4 is 5.32 Å². The Morgan fingerprint density at radius 3 is 2.61 bits per heavy atom. The van der Waals surface area contributed by atoms with Gasteiger partial charge in [-0.3, -0.25) is 14.4 Å². The molecule has 0 radical (unpaired) electrons. The Kier molecular flexibility index (Phi) is 3.23. The third-order valence-corrected chi connectivity index (χ3v) is 2.58. The van der Waals surface area contributed by atoms with Crippen LogP contribution >= 0.6 is 0 Å². The van der Waals surface area contributed by atoms with E-state index in [0.717, 1.165) is 0 Å². The Hall–Kier alpha value is -2.43. The molecule has 0 saturated heterocycles. The van der Waals surface area contributed by atoms with Crippen LogP contribution in [0.4, 0.5) is 5.69 Å². The second-order valence-electron chi connectivity index (χ2n) is 3.92. The minimum atomic E-state index is -1.03. The molecule has 0 amide bonds. The Bertz CT molecular complexity index is 560. The normalized spacial score (nSPS) is 15.3. The van der Waals surface area contributed by atoms with Crippen LogP contribution in [0.3, 0.4) is 0 Å². The first kappa shape index (κ1) is 12.0. The Morgan fingerprint density at radius 2 is 1.94 bits per heavy atom. The first-order valence-corrected chi connectivity index (χ1v) is 5.45. The van der Waals surface area contributed by atoms with Gasteiger partial charge in [-0.05, 0) is 12.1 Å². The van der Waals surface area contributed by atoms with Crippen molar-refractivity contribution in [2.24, 2.45) is 0 Å². The number of ketones is 2.